The molecule has 1 aliphatic rings. The molecule has 2 rings (SSSR count). The van der Waals surface area contributed by atoms with Crippen LogP contribution in [0.1, 0.15) is 5.56 Å². The van der Waals surface area contributed by atoms with Crippen molar-refractivity contribution in [1.29, 1.82) is 0 Å². The number of hydrogen-bond acceptors (Lipinski definition) is 6. The van der Waals surface area contributed by atoms with E-state index in [1.54, 1.807) is 6.07 Å². The second kappa shape index (κ2) is 6.91. The second-order valence-corrected chi connectivity index (χ2v) is 5.69. The van der Waals surface area contributed by atoms with Crippen molar-refractivity contribution >= 4 is 46.3 Å². The highest BCUT2D eigenvalue weighted by Crippen LogP contribution is 2.33. The number of nitrogens with zero attached hydrogens (tertiary/aromatic N) is 2. The van der Waals surface area contributed by atoms with Crippen molar-refractivity contribution in [3.8, 4) is 0 Å². The third kappa shape index (κ3) is 3.46. The molecule has 1 aromatic carbocycles. The molecule has 1 fully saturated rings. The number of halogens is 1. The van der Waals surface area contributed by atoms with Crippen molar-refractivity contribution in [2.24, 2.45) is 0 Å². The van der Waals surface area contributed by atoms with Gasteiger partial charge < -0.3 is 4.74 Å². The van der Waals surface area contributed by atoms with E-state index < -0.39 is 16.1 Å². The predicted molar refractivity (Wildman–Crippen MR) is 82.7 cm³/mol. The highest BCUT2D eigenvalue weighted by atomic mass is 35.5. The minimum atomic E-state index is -0.607. The van der Waals surface area contributed by atoms with Crippen LogP contribution in [0.15, 0.2) is 23.1 Å². The summed E-state index contributed by atoms with van der Waals surface area (Å²) in [5.74, 6) is -0.440. The fraction of sp³-hybridized carbons (Fsp3) is 0.231. The van der Waals surface area contributed by atoms with E-state index in [-0.39, 0.29) is 28.8 Å². The lowest BCUT2D eigenvalue weighted by Crippen LogP contribution is -2.31. The molecular weight excluding hydrogens is 332 g/mol. The summed E-state index contributed by atoms with van der Waals surface area (Å²) in [6.07, 6.45) is 1.43. The van der Waals surface area contributed by atoms with Crippen molar-refractivity contribution in [1.82, 2.24) is 4.90 Å². The van der Waals surface area contributed by atoms with E-state index in [1.165, 1.54) is 25.3 Å². The van der Waals surface area contributed by atoms with Crippen LogP contribution < -0.4 is 0 Å². The third-order valence-electron chi connectivity index (χ3n) is 2.86. The Morgan fingerprint density at radius 1 is 1.45 bits per heavy atom. The molecule has 0 bridgehead atoms. The van der Waals surface area contributed by atoms with Gasteiger partial charge >= 0.3 is 0 Å². The number of nitro benzene ring substituents is 1. The predicted octanol–water partition coefficient (Wildman–Crippen LogP) is 2.93. The van der Waals surface area contributed by atoms with Crippen LogP contribution in [0.3, 0.4) is 0 Å². The lowest BCUT2D eigenvalue weighted by atomic mass is 10.2. The zero-order chi connectivity index (χ0) is 16.3. The Hall–Kier alpha value is -1.90. The molecular formula is C13H11ClN2O5S. The minimum Gasteiger partial charge on any atom is -0.383 e. The Bertz CT molecular complexity index is 676. The fourth-order valence-corrected chi connectivity index (χ4v) is 2.84. The van der Waals surface area contributed by atoms with E-state index in [0.717, 1.165) is 16.7 Å². The van der Waals surface area contributed by atoms with E-state index in [1.807, 2.05) is 0 Å². The number of carbonyl (C=O) groups is 2. The average molecular weight is 343 g/mol. The molecule has 1 aliphatic heterocycles. The lowest BCUT2D eigenvalue weighted by Gasteiger charge is -2.10. The summed E-state index contributed by atoms with van der Waals surface area (Å²) >= 11 is 6.51. The molecule has 0 atom stereocenters. The Morgan fingerprint density at radius 3 is 2.82 bits per heavy atom. The molecule has 22 heavy (non-hydrogen) atoms. The summed E-state index contributed by atoms with van der Waals surface area (Å²) in [6, 6.07) is 4.17. The molecule has 116 valence electrons. The van der Waals surface area contributed by atoms with Gasteiger partial charge in [-0.3, -0.25) is 24.6 Å². The number of nitro groups is 1. The Balaban J connectivity index is 2.27. The van der Waals surface area contributed by atoms with Gasteiger partial charge in [-0.1, -0.05) is 17.7 Å². The zero-order valence-corrected chi connectivity index (χ0v) is 13.0. The topological polar surface area (TPSA) is 89.8 Å². The van der Waals surface area contributed by atoms with E-state index in [9.17, 15) is 19.7 Å². The maximum absolute atomic E-state index is 12.1. The van der Waals surface area contributed by atoms with E-state index in [0.29, 0.717) is 5.56 Å². The number of amides is 2. The zero-order valence-electron chi connectivity index (χ0n) is 11.4. The monoisotopic (exact) mass is 342 g/mol. The largest absolute Gasteiger partial charge is 0.383 e. The van der Waals surface area contributed by atoms with Crippen LogP contribution in [0.4, 0.5) is 10.5 Å². The number of thioether (sulfide) groups is 1. The molecule has 2 amide bonds. The van der Waals surface area contributed by atoms with Crippen LogP contribution in [0.25, 0.3) is 6.08 Å². The van der Waals surface area contributed by atoms with Crippen LogP contribution in [0.2, 0.25) is 5.02 Å². The fourth-order valence-electron chi connectivity index (χ4n) is 1.79. The minimum absolute atomic E-state index is 0.00958. The molecule has 0 aromatic heterocycles. The quantitative estimate of drug-likeness (QED) is 0.464. The van der Waals surface area contributed by atoms with E-state index in [2.05, 4.69) is 0 Å². The highest BCUT2D eigenvalue weighted by molar-refractivity contribution is 8.18. The number of hydrogen-bond donors (Lipinski definition) is 0. The van der Waals surface area contributed by atoms with Crippen molar-refractivity contribution in [2.75, 3.05) is 20.3 Å². The van der Waals surface area contributed by atoms with Gasteiger partial charge in [-0.15, -0.1) is 0 Å². The number of benzene rings is 1. The normalized spacial score (nSPS) is 16.6. The maximum Gasteiger partial charge on any atom is 0.293 e. The molecule has 1 saturated heterocycles. The van der Waals surface area contributed by atoms with E-state index in [4.69, 9.17) is 16.3 Å². The highest BCUT2D eigenvalue weighted by Gasteiger charge is 2.34. The first kappa shape index (κ1) is 16.5. The van der Waals surface area contributed by atoms with Crippen LogP contribution in [0, 0.1) is 10.1 Å². The average Bonchev–Trinajstić information content (AvgIpc) is 2.73. The summed E-state index contributed by atoms with van der Waals surface area (Å²) in [5, 5.41) is 10.5. The van der Waals surface area contributed by atoms with Gasteiger partial charge in [0.25, 0.3) is 16.8 Å². The number of carbonyl (C=O) groups excluding carboxylic acids is 2. The summed E-state index contributed by atoms with van der Waals surface area (Å²) in [6.45, 7) is 0.414. The van der Waals surface area contributed by atoms with Crippen molar-refractivity contribution < 1.29 is 19.2 Å². The third-order valence-corrected chi connectivity index (χ3v) is 4.08. The van der Waals surface area contributed by atoms with Crippen molar-refractivity contribution in [3.05, 3.63) is 43.8 Å². The summed E-state index contributed by atoms with van der Waals surface area (Å²) < 4.78 is 4.84. The first-order chi connectivity index (χ1) is 10.4. The van der Waals surface area contributed by atoms with Gasteiger partial charge in [-0.25, -0.2) is 0 Å². The number of ether oxygens (including phenoxy) is 1. The molecule has 1 aromatic rings. The Labute approximate surface area is 135 Å². The second-order valence-electron chi connectivity index (χ2n) is 4.29. The number of rotatable bonds is 5. The Kier molecular flexibility index (Phi) is 5.17. The van der Waals surface area contributed by atoms with Gasteiger partial charge in [0.1, 0.15) is 5.02 Å². The lowest BCUT2D eigenvalue weighted by molar-refractivity contribution is -0.384. The molecule has 0 N–H and O–H groups in total. The first-order valence-corrected chi connectivity index (χ1v) is 7.31. The van der Waals surface area contributed by atoms with Crippen LogP contribution in [0.5, 0.6) is 0 Å². The van der Waals surface area contributed by atoms with Gasteiger partial charge in [0.2, 0.25) is 0 Å². The van der Waals surface area contributed by atoms with Crippen LogP contribution in [-0.4, -0.2) is 41.2 Å². The molecule has 0 unspecified atom stereocenters. The number of methoxy groups -OCH3 is 1. The molecule has 1 heterocycles. The maximum atomic E-state index is 12.1. The number of imide groups is 1. The van der Waals surface area contributed by atoms with Crippen molar-refractivity contribution in [2.45, 2.75) is 0 Å². The molecule has 0 radical (unpaired) electrons. The van der Waals surface area contributed by atoms with Gasteiger partial charge in [0, 0.05) is 13.2 Å². The smallest absolute Gasteiger partial charge is 0.293 e. The summed E-state index contributed by atoms with van der Waals surface area (Å²) in [7, 11) is 1.47. The summed E-state index contributed by atoms with van der Waals surface area (Å²) in [5.41, 5.74) is 0.169. The first-order valence-electron chi connectivity index (χ1n) is 6.12. The van der Waals surface area contributed by atoms with Crippen molar-refractivity contribution in [3.63, 3.8) is 0 Å². The van der Waals surface area contributed by atoms with Gasteiger partial charge in [-0.2, -0.15) is 0 Å². The Morgan fingerprint density at radius 2 is 2.18 bits per heavy atom. The van der Waals surface area contributed by atoms with Crippen LogP contribution >= 0.6 is 23.4 Å². The molecule has 9 heteroatoms. The van der Waals surface area contributed by atoms with E-state index >= 15 is 0 Å². The molecule has 0 aliphatic carbocycles. The van der Waals surface area contributed by atoms with Gasteiger partial charge in [0.15, 0.2) is 0 Å². The van der Waals surface area contributed by atoms with Gasteiger partial charge in [-0.05, 0) is 29.5 Å². The van der Waals surface area contributed by atoms with Crippen LogP contribution in [-0.2, 0) is 9.53 Å². The molecule has 0 spiro atoms. The molecule has 0 saturated carbocycles. The molecule has 7 nitrogen and oxygen atoms in total. The standard InChI is InChI=1S/C13H11ClN2O5S/c1-21-5-4-15-12(17)11(22-13(15)18)7-8-2-3-9(14)10(6-8)16(19)20/h2-3,6-7H,4-5H2,1H3/b11-7+. The SMILES string of the molecule is COCCN1C(=O)S/C(=C/c2ccc(Cl)c([N+](=O)[O-])c2)C1=O. The summed E-state index contributed by atoms with van der Waals surface area (Å²) in [4.78, 5) is 35.4. The van der Waals surface area contributed by atoms with Gasteiger partial charge in [0.05, 0.1) is 23.0 Å².